The minimum absolute atomic E-state index is 0.162. The number of aromatic nitrogens is 2. The number of nitrogens with zero attached hydrogens (tertiary/aromatic N) is 2. The number of amides is 1. The van der Waals surface area contributed by atoms with E-state index in [-0.39, 0.29) is 11.9 Å². The fourth-order valence-corrected chi connectivity index (χ4v) is 3.43. The summed E-state index contributed by atoms with van der Waals surface area (Å²) >= 11 is 1.62. The van der Waals surface area contributed by atoms with Crippen LogP contribution in [0.2, 0.25) is 0 Å². The normalized spacial score (nSPS) is 15.2. The van der Waals surface area contributed by atoms with Crippen LogP contribution in [-0.2, 0) is 10.5 Å². The van der Waals surface area contributed by atoms with Crippen LogP contribution in [0.15, 0.2) is 41.4 Å². The molecule has 1 N–H and O–H groups in total. The molecule has 24 heavy (non-hydrogen) atoms. The molecule has 0 bridgehead atoms. The van der Waals surface area contributed by atoms with Crippen LogP contribution in [0, 0.1) is 6.92 Å². The van der Waals surface area contributed by atoms with Gasteiger partial charge < -0.3 is 10.1 Å². The van der Waals surface area contributed by atoms with Crippen LogP contribution in [0.1, 0.15) is 34.5 Å². The summed E-state index contributed by atoms with van der Waals surface area (Å²) in [7, 11) is 0. The molecule has 126 valence electrons. The van der Waals surface area contributed by atoms with Crippen molar-refractivity contribution in [3.63, 3.8) is 0 Å². The average Bonchev–Trinajstić information content (AvgIpc) is 2.62. The molecule has 1 aliphatic heterocycles. The number of nitrogens with one attached hydrogen (secondary N) is 1. The first kappa shape index (κ1) is 16.9. The van der Waals surface area contributed by atoms with Crippen LogP contribution in [0.25, 0.3) is 0 Å². The Morgan fingerprint density at radius 3 is 2.71 bits per heavy atom. The van der Waals surface area contributed by atoms with E-state index in [1.165, 1.54) is 11.1 Å². The molecule has 0 aliphatic carbocycles. The van der Waals surface area contributed by atoms with Gasteiger partial charge in [0.25, 0.3) is 5.91 Å². The molecule has 0 spiro atoms. The maximum absolute atomic E-state index is 12.2. The number of rotatable bonds is 5. The highest BCUT2D eigenvalue weighted by Gasteiger charge is 2.18. The number of hydrogen-bond donors (Lipinski definition) is 1. The zero-order valence-corrected chi connectivity index (χ0v) is 14.5. The van der Waals surface area contributed by atoms with Crippen molar-refractivity contribution in [3.8, 4) is 0 Å². The van der Waals surface area contributed by atoms with Crippen LogP contribution in [0.4, 0.5) is 0 Å². The van der Waals surface area contributed by atoms with Crippen molar-refractivity contribution in [1.82, 2.24) is 15.5 Å². The first-order valence-electron chi connectivity index (χ1n) is 8.12. The minimum atomic E-state index is -0.162. The van der Waals surface area contributed by atoms with E-state index in [2.05, 4.69) is 34.6 Å². The molecule has 1 aromatic heterocycles. The van der Waals surface area contributed by atoms with Crippen LogP contribution in [-0.4, -0.2) is 35.4 Å². The summed E-state index contributed by atoms with van der Waals surface area (Å²) in [6.45, 7) is 3.50. The molecule has 1 fully saturated rings. The van der Waals surface area contributed by atoms with Crippen molar-refractivity contribution in [2.45, 2.75) is 36.6 Å². The number of carbonyl (C=O) groups is 1. The SMILES string of the molecule is Cc1ccccc1CSc1ccc(C(=O)NC2CCOCC2)nn1. The Hall–Kier alpha value is -1.92. The van der Waals surface area contributed by atoms with Gasteiger partial charge in [0.05, 0.1) is 0 Å². The predicted octanol–water partition coefficient (Wildman–Crippen LogP) is 2.99. The highest BCUT2D eigenvalue weighted by Crippen LogP contribution is 2.22. The summed E-state index contributed by atoms with van der Waals surface area (Å²) in [4.78, 5) is 12.2. The van der Waals surface area contributed by atoms with Crippen molar-refractivity contribution in [2.75, 3.05) is 13.2 Å². The maximum Gasteiger partial charge on any atom is 0.272 e. The first-order valence-corrected chi connectivity index (χ1v) is 9.10. The summed E-state index contributed by atoms with van der Waals surface area (Å²) in [5.41, 5.74) is 2.91. The molecule has 0 radical (unpaired) electrons. The number of aryl methyl sites for hydroxylation is 1. The summed E-state index contributed by atoms with van der Waals surface area (Å²) < 4.78 is 5.29. The van der Waals surface area contributed by atoms with Gasteiger partial charge in [-0.15, -0.1) is 10.2 Å². The molecule has 1 saturated heterocycles. The Morgan fingerprint density at radius 2 is 2.00 bits per heavy atom. The Labute approximate surface area is 146 Å². The zero-order valence-electron chi connectivity index (χ0n) is 13.7. The van der Waals surface area contributed by atoms with Gasteiger partial charge >= 0.3 is 0 Å². The summed E-state index contributed by atoms with van der Waals surface area (Å²) in [5.74, 6) is 0.680. The Morgan fingerprint density at radius 1 is 1.21 bits per heavy atom. The van der Waals surface area contributed by atoms with Crippen LogP contribution >= 0.6 is 11.8 Å². The van der Waals surface area contributed by atoms with E-state index in [4.69, 9.17) is 4.74 Å². The minimum Gasteiger partial charge on any atom is -0.381 e. The van der Waals surface area contributed by atoms with Gasteiger partial charge in [-0.05, 0) is 43.0 Å². The van der Waals surface area contributed by atoms with Crippen molar-refractivity contribution in [2.24, 2.45) is 0 Å². The lowest BCUT2D eigenvalue weighted by Crippen LogP contribution is -2.39. The lowest BCUT2D eigenvalue weighted by molar-refractivity contribution is 0.0693. The van der Waals surface area contributed by atoms with Gasteiger partial charge in [0.15, 0.2) is 5.69 Å². The highest BCUT2D eigenvalue weighted by atomic mass is 32.2. The van der Waals surface area contributed by atoms with E-state index in [1.807, 2.05) is 18.2 Å². The van der Waals surface area contributed by atoms with E-state index in [1.54, 1.807) is 17.8 Å². The summed E-state index contributed by atoms with van der Waals surface area (Å²) in [6.07, 6.45) is 1.70. The van der Waals surface area contributed by atoms with Crippen LogP contribution in [0.5, 0.6) is 0 Å². The molecule has 5 nitrogen and oxygen atoms in total. The van der Waals surface area contributed by atoms with Gasteiger partial charge in [-0.25, -0.2) is 0 Å². The van der Waals surface area contributed by atoms with Crippen LogP contribution < -0.4 is 5.32 Å². The Bertz CT molecular complexity index is 685. The molecule has 2 heterocycles. The highest BCUT2D eigenvalue weighted by molar-refractivity contribution is 7.98. The molecule has 1 aliphatic rings. The molecule has 1 amide bonds. The summed E-state index contributed by atoms with van der Waals surface area (Å²) in [5, 5.41) is 12.0. The van der Waals surface area contributed by atoms with E-state index < -0.39 is 0 Å². The Kier molecular flexibility index (Phi) is 5.82. The lowest BCUT2D eigenvalue weighted by atomic mass is 10.1. The monoisotopic (exact) mass is 343 g/mol. The maximum atomic E-state index is 12.2. The molecule has 0 saturated carbocycles. The number of hydrogen-bond acceptors (Lipinski definition) is 5. The molecular formula is C18H21N3O2S. The van der Waals surface area contributed by atoms with Crippen molar-refractivity contribution in [3.05, 3.63) is 53.2 Å². The largest absolute Gasteiger partial charge is 0.381 e. The predicted molar refractivity (Wildman–Crippen MR) is 94.1 cm³/mol. The van der Waals surface area contributed by atoms with Gasteiger partial charge in [0.2, 0.25) is 0 Å². The molecule has 6 heteroatoms. The van der Waals surface area contributed by atoms with Gasteiger partial charge in [-0.3, -0.25) is 4.79 Å². The van der Waals surface area contributed by atoms with Gasteiger partial charge in [0, 0.05) is 25.0 Å². The number of thioether (sulfide) groups is 1. The third-order valence-corrected chi connectivity index (χ3v) is 5.03. The number of carbonyl (C=O) groups excluding carboxylic acids is 1. The van der Waals surface area contributed by atoms with Crippen LogP contribution in [0.3, 0.4) is 0 Å². The number of ether oxygens (including phenoxy) is 1. The molecule has 0 atom stereocenters. The van der Waals surface area contributed by atoms with Gasteiger partial charge in [-0.2, -0.15) is 0 Å². The zero-order chi connectivity index (χ0) is 16.8. The molecular weight excluding hydrogens is 322 g/mol. The fourth-order valence-electron chi connectivity index (χ4n) is 2.54. The second-order valence-electron chi connectivity index (χ2n) is 5.83. The van der Waals surface area contributed by atoms with Gasteiger partial charge in [-0.1, -0.05) is 36.0 Å². The Balaban J connectivity index is 1.54. The second kappa shape index (κ2) is 8.26. The average molecular weight is 343 g/mol. The molecule has 0 unspecified atom stereocenters. The topological polar surface area (TPSA) is 64.1 Å². The third-order valence-electron chi connectivity index (χ3n) is 4.07. The van der Waals surface area contributed by atoms with Crippen molar-refractivity contribution < 1.29 is 9.53 Å². The number of benzene rings is 1. The third kappa shape index (κ3) is 4.55. The fraction of sp³-hybridized carbons (Fsp3) is 0.389. The molecule has 2 aromatic rings. The smallest absolute Gasteiger partial charge is 0.272 e. The lowest BCUT2D eigenvalue weighted by Gasteiger charge is -2.22. The van der Waals surface area contributed by atoms with Gasteiger partial charge in [0.1, 0.15) is 5.03 Å². The molecule has 1 aromatic carbocycles. The van der Waals surface area contributed by atoms with E-state index in [9.17, 15) is 4.79 Å². The van der Waals surface area contributed by atoms with Crippen molar-refractivity contribution >= 4 is 17.7 Å². The van der Waals surface area contributed by atoms with Crippen molar-refractivity contribution in [1.29, 1.82) is 0 Å². The van der Waals surface area contributed by atoms with E-state index >= 15 is 0 Å². The summed E-state index contributed by atoms with van der Waals surface area (Å²) in [6, 6.07) is 12.1. The molecule has 3 rings (SSSR count). The first-order chi connectivity index (χ1) is 11.7. The second-order valence-corrected chi connectivity index (χ2v) is 6.83. The standard InChI is InChI=1S/C18H21N3O2S/c1-13-4-2-3-5-14(13)12-24-17-7-6-16(20-21-17)18(22)19-15-8-10-23-11-9-15/h2-7,15H,8-12H2,1H3,(H,19,22). The van der Waals surface area contributed by atoms with E-state index in [0.717, 1.165) is 23.6 Å². The quantitative estimate of drug-likeness (QED) is 0.846. The van der Waals surface area contributed by atoms with E-state index in [0.29, 0.717) is 18.9 Å².